The largest absolute Gasteiger partial charge is 0.504 e. The van der Waals surface area contributed by atoms with Gasteiger partial charge in [-0.1, -0.05) is 6.07 Å². The van der Waals surface area contributed by atoms with Crippen molar-refractivity contribution in [1.82, 2.24) is 0 Å². The number of benzene rings is 1. The fourth-order valence-corrected chi connectivity index (χ4v) is 1.79. The molecule has 0 unspecified atom stereocenters. The molecular weight excluding hydrogens is 190 g/mol. The zero-order chi connectivity index (χ0) is 11.8. The summed E-state index contributed by atoms with van der Waals surface area (Å²) in [7, 11) is 1.55. The first-order chi connectivity index (χ1) is 6.79. The average molecular weight is 209 g/mol. The van der Waals surface area contributed by atoms with Gasteiger partial charge in [-0.2, -0.15) is 0 Å². The summed E-state index contributed by atoms with van der Waals surface area (Å²) < 4.78 is 5.19. The molecule has 0 aliphatic carbocycles. The Hall–Kier alpha value is -1.22. The SMILES string of the molecule is COc1c(C)c(C(C)(C)N)cc(C)c1O. The average Bonchev–Trinajstić information content (AvgIpc) is 2.10. The molecule has 84 valence electrons. The van der Waals surface area contributed by atoms with Gasteiger partial charge in [-0.05, 0) is 44.4 Å². The van der Waals surface area contributed by atoms with Crippen molar-refractivity contribution in [3.05, 3.63) is 22.8 Å². The van der Waals surface area contributed by atoms with E-state index in [4.69, 9.17) is 10.5 Å². The van der Waals surface area contributed by atoms with E-state index in [1.54, 1.807) is 7.11 Å². The number of phenolic OH excluding ortho intramolecular Hbond substituents is 1. The summed E-state index contributed by atoms with van der Waals surface area (Å²) >= 11 is 0. The Morgan fingerprint density at radius 2 is 1.87 bits per heavy atom. The number of hydrogen-bond donors (Lipinski definition) is 2. The van der Waals surface area contributed by atoms with E-state index in [2.05, 4.69) is 0 Å². The lowest BCUT2D eigenvalue weighted by atomic mass is 9.89. The summed E-state index contributed by atoms with van der Waals surface area (Å²) in [6, 6.07) is 1.91. The molecule has 0 aromatic heterocycles. The lowest BCUT2D eigenvalue weighted by molar-refractivity contribution is 0.366. The van der Waals surface area contributed by atoms with Crippen LogP contribution in [0.3, 0.4) is 0 Å². The number of rotatable bonds is 2. The molecule has 0 heterocycles. The third-order valence-corrected chi connectivity index (χ3v) is 2.59. The quantitative estimate of drug-likeness (QED) is 0.785. The van der Waals surface area contributed by atoms with Crippen molar-refractivity contribution in [2.75, 3.05) is 7.11 Å². The van der Waals surface area contributed by atoms with Gasteiger partial charge in [-0.15, -0.1) is 0 Å². The Labute approximate surface area is 90.9 Å². The molecule has 0 saturated heterocycles. The lowest BCUT2D eigenvalue weighted by Gasteiger charge is -2.24. The second kappa shape index (κ2) is 3.74. The van der Waals surface area contributed by atoms with Crippen LogP contribution < -0.4 is 10.5 Å². The second-order valence-corrected chi connectivity index (χ2v) is 4.47. The highest BCUT2D eigenvalue weighted by Gasteiger charge is 2.22. The van der Waals surface area contributed by atoms with Gasteiger partial charge in [-0.25, -0.2) is 0 Å². The molecule has 0 spiro atoms. The van der Waals surface area contributed by atoms with Crippen LogP contribution in [0.5, 0.6) is 11.5 Å². The van der Waals surface area contributed by atoms with Crippen molar-refractivity contribution < 1.29 is 9.84 Å². The van der Waals surface area contributed by atoms with Gasteiger partial charge >= 0.3 is 0 Å². The Morgan fingerprint density at radius 1 is 1.33 bits per heavy atom. The summed E-state index contributed by atoms with van der Waals surface area (Å²) in [5.41, 5.74) is 8.30. The highest BCUT2D eigenvalue weighted by molar-refractivity contribution is 5.55. The first-order valence-corrected chi connectivity index (χ1v) is 4.95. The van der Waals surface area contributed by atoms with E-state index in [9.17, 15) is 5.11 Å². The van der Waals surface area contributed by atoms with Gasteiger partial charge in [0.2, 0.25) is 0 Å². The van der Waals surface area contributed by atoms with Crippen LogP contribution in [0.2, 0.25) is 0 Å². The minimum atomic E-state index is -0.435. The molecule has 0 bridgehead atoms. The third-order valence-electron chi connectivity index (χ3n) is 2.59. The number of aromatic hydroxyl groups is 1. The topological polar surface area (TPSA) is 55.5 Å². The van der Waals surface area contributed by atoms with Gasteiger partial charge in [0.25, 0.3) is 0 Å². The Kier molecular flexibility index (Phi) is 2.95. The molecule has 0 aliphatic rings. The van der Waals surface area contributed by atoms with E-state index in [0.29, 0.717) is 5.75 Å². The standard InChI is InChI=1S/C12H19NO2/c1-7-6-9(12(3,4)13)8(2)11(15-5)10(7)14/h6,14H,13H2,1-5H3. The molecule has 1 aromatic rings. The molecule has 15 heavy (non-hydrogen) atoms. The number of methoxy groups -OCH3 is 1. The van der Waals surface area contributed by atoms with Crippen molar-refractivity contribution in [3.63, 3.8) is 0 Å². The molecule has 0 fully saturated rings. The summed E-state index contributed by atoms with van der Waals surface area (Å²) in [5.74, 6) is 0.714. The highest BCUT2D eigenvalue weighted by Crippen LogP contribution is 2.38. The van der Waals surface area contributed by atoms with Crippen LogP contribution in [0.4, 0.5) is 0 Å². The van der Waals surface area contributed by atoms with E-state index < -0.39 is 5.54 Å². The van der Waals surface area contributed by atoms with Gasteiger partial charge in [0.05, 0.1) is 7.11 Å². The number of phenols is 1. The fraction of sp³-hybridized carbons (Fsp3) is 0.500. The third kappa shape index (κ3) is 2.07. The summed E-state index contributed by atoms with van der Waals surface area (Å²) in [5, 5.41) is 9.80. The van der Waals surface area contributed by atoms with Crippen molar-refractivity contribution in [1.29, 1.82) is 0 Å². The Morgan fingerprint density at radius 3 is 2.27 bits per heavy atom. The smallest absolute Gasteiger partial charge is 0.163 e. The number of hydrogen-bond acceptors (Lipinski definition) is 3. The predicted octanol–water partition coefficient (Wildman–Crippen LogP) is 2.21. The highest BCUT2D eigenvalue weighted by atomic mass is 16.5. The zero-order valence-corrected chi connectivity index (χ0v) is 10.0. The molecule has 3 heteroatoms. The summed E-state index contributed by atoms with van der Waals surface area (Å²) in [6.07, 6.45) is 0. The van der Waals surface area contributed by atoms with Gasteiger partial charge in [-0.3, -0.25) is 0 Å². The molecular formula is C12H19NO2. The molecule has 0 atom stereocenters. The molecule has 0 saturated carbocycles. The van der Waals surface area contributed by atoms with Crippen LogP contribution in [0.25, 0.3) is 0 Å². The molecule has 3 N–H and O–H groups in total. The Bertz CT molecular complexity index is 378. The maximum absolute atomic E-state index is 9.80. The summed E-state index contributed by atoms with van der Waals surface area (Å²) in [6.45, 7) is 7.62. The number of nitrogens with two attached hydrogens (primary N) is 1. The van der Waals surface area contributed by atoms with E-state index in [1.165, 1.54) is 0 Å². The van der Waals surface area contributed by atoms with Gasteiger partial charge in [0.1, 0.15) is 0 Å². The summed E-state index contributed by atoms with van der Waals surface area (Å²) in [4.78, 5) is 0. The number of ether oxygens (including phenoxy) is 1. The maximum atomic E-state index is 9.80. The van der Waals surface area contributed by atoms with Crippen molar-refractivity contribution >= 4 is 0 Å². The molecule has 1 aromatic carbocycles. The zero-order valence-electron chi connectivity index (χ0n) is 10.0. The maximum Gasteiger partial charge on any atom is 0.163 e. The van der Waals surface area contributed by atoms with E-state index in [-0.39, 0.29) is 5.75 Å². The Balaban J connectivity index is 3.51. The monoisotopic (exact) mass is 209 g/mol. The van der Waals surface area contributed by atoms with Gasteiger partial charge < -0.3 is 15.6 Å². The van der Waals surface area contributed by atoms with Gasteiger partial charge in [0, 0.05) is 5.54 Å². The van der Waals surface area contributed by atoms with Crippen LogP contribution in [0.1, 0.15) is 30.5 Å². The van der Waals surface area contributed by atoms with Crippen molar-refractivity contribution in [3.8, 4) is 11.5 Å². The normalized spacial score (nSPS) is 11.6. The van der Waals surface area contributed by atoms with E-state index in [0.717, 1.165) is 16.7 Å². The first kappa shape index (κ1) is 11.9. The van der Waals surface area contributed by atoms with Crippen LogP contribution in [-0.4, -0.2) is 12.2 Å². The van der Waals surface area contributed by atoms with Crippen molar-refractivity contribution in [2.45, 2.75) is 33.2 Å². The van der Waals surface area contributed by atoms with Gasteiger partial charge in [0.15, 0.2) is 11.5 Å². The molecule has 0 radical (unpaired) electrons. The lowest BCUT2D eigenvalue weighted by Crippen LogP contribution is -2.29. The molecule has 1 rings (SSSR count). The molecule has 3 nitrogen and oxygen atoms in total. The van der Waals surface area contributed by atoms with E-state index in [1.807, 2.05) is 33.8 Å². The minimum Gasteiger partial charge on any atom is -0.504 e. The minimum absolute atomic E-state index is 0.197. The van der Waals surface area contributed by atoms with Crippen LogP contribution >= 0.6 is 0 Å². The molecule has 0 aliphatic heterocycles. The van der Waals surface area contributed by atoms with Crippen molar-refractivity contribution in [2.24, 2.45) is 5.73 Å². The molecule has 0 amide bonds. The van der Waals surface area contributed by atoms with Crippen LogP contribution in [0, 0.1) is 13.8 Å². The van der Waals surface area contributed by atoms with Crippen LogP contribution in [-0.2, 0) is 5.54 Å². The van der Waals surface area contributed by atoms with E-state index >= 15 is 0 Å². The first-order valence-electron chi connectivity index (χ1n) is 4.95. The number of aryl methyl sites for hydroxylation is 1. The van der Waals surface area contributed by atoms with Crippen LogP contribution in [0.15, 0.2) is 6.07 Å². The predicted molar refractivity (Wildman–Crippen MR) is 61.3 cm³/mol. The fourth-order valence-electron chi connectivity index (χ4n) is 1.79. The second-order valence-electron chi connectivity index (χ2n) is 4.47.